The topological polar surface area (TPSA) is 101 Å². The number of hydrogen-bond donors (Lipinski definition) is 2. The molecule has 0 aliphatic carbocycles. The van der Waals surface area contributed by atoms with Gasteiger partial charge < -0.3 is 20.3 Å². The summed E-state index contributed by atoms with van der Waals surface area (Å²) in [5.74, 6) is -0.0427. The van der Waals surface area contributed by atoms with E-state index in [9.17, 15) is 10.1 Å². The molecule has 1 rings (SSSR count). The standard InChI is InChI=1S/C6H9N3O4/c10-2-1-8-5(4-11)7-3-6(8)9(12)13/h3,10-11H,1-2,4H2. The summed E-state index contributed by atoms with van der Waals surface area (Å²) < 4.78 is 1.17. The van der Waals surface area contributed by atoms with Crippen molar-refractivity contribution in [2.75, 3.05) is 6.61 Å². The van der Waals surface area contributed by atoms with Gasteiger partial charge in [0.25, 0.3) is 0 Å². The molecule has 7 nitrogen and oxygen atoms in total. The third-order valence-corrected chi connectivity index (χ3v) is 1.57. The van der Waals surface area contributed by atoms with E-state index in [2.05, 4.69) is 4.98 Å². The van der Waals surface area contributed by atoms with Crippen molar-refractivity contribution in [3.8, 4) is 0 Å². The molecule has 0 saturated carbocycles. The molecule has 72 valence electrons. The second-order valence-corrected chi connectivity index (χ2v) is 2.32. The zero-order chi connectivity index (χ0) is 9.84. The van der Waals surface area contributed by atoms with Gasteiger partial charge in [-0.3, -0.25) is 0 Å². The lowest BCUT2D eigenvalue weighted by Gasteiger charge is -1.99. The van der Waals surface area contributed by atoms with Gasteiger partial charge in [0.2, 0.25) is 5.82 Å². The third kappa shape index (κ3) is 1.82. The molecule has 0 unspecified atom stereocenters. The predicted molar refractivity (Wildman–Crippen MR) is 41.9 cm³/mol. The van der Waals surface area contributed by atoms with E-state index in [1.54, 1.807) is 0 Å². The molecule has 0 saturated heterocycles. The number of nitrogens with zero attached hydrogens (tertiary/aromatic N) is 3. The highest BCUT2D eigenvalue weighted by Gasteiger charge is 2.18. The third-order valence-electron chi connectivity index (χ3n) is 1.57. The average Bonchev–Trinajstić information content (AvgIpc) is 2.48. The normalized spacial score (nSPS) is 10.3. The summed E-state index contributed by atoms with van der Waals surface area (Å²) >= 11 is 0. The maximum Gasteiger partial charge on any atom is 0.343 e. The molecule has 1 aromatic heterocycles. The second-order valence-electron chi connectivity index (χ2n) is 2.32. The van der Waals surface area contributed by atoms with Gasteiger partial charge in [-0.25, -0.2) is 9.55 Å². The van der Waals surface area contributed by atoms with Crippen molar-refractivity contribution in [1.82, 2.24) is 9.55 Å². The average molecular weight is 187 g/mol. The number of nitro groups is 1. The van der Waals surface area contributed by atoms with Crippen LogP contribution in [0.3, 0.4) is 0 Å². The van der Waals surface area contributed by atoms with E-state index in [1.165, 1.54) is 4.57 Å². The van der Waals surface area contributed by atoms with Crippen LogP contribution >= 0.6 is 0 Å². The van der Waals surface area contributed by atoms with Crippen molar-refractivity contribution in [2.45, 2.75) is 13.2 Å². The molecule has 0 aromatic carbocycles. The lowest BCUT2D eigenvalue weighted by Crippen LogP contribution is -2.09. The monoisotopic (exact) mass is 187 g/mol. The highest BCUT2D eigenvalue weighted by Crippen LogP contribution is 2.13. The van der Waals surface area contributed by atoms with E-state index in [0.717, 1.165) is 6.20 Å². The Kier molecular flexibility index (Phi) is 2.93. The summed E-state index contributed by atoms with van der Waals surface area (Å²) in [5.41, 5.74) is 0. The van der Waals surface area contributed by atoms with Crippen LogP contribution in [0.1, 0.15) is 5.82 Å². The fourth-order valence-electron chi connectivity index (χ4n) is 1.02. The van der Waals surface area contributed by atoms with Gasteiger partial charge in [-0.05, 0) is 4.92 Å². The van der Waals surface area contributed by atoms with E-state index < -0.39 is 4.92 Å². The Hall–Kier alpha value is -1.47. The minimum Gasteiger partial charge on any atom is -0.392 e. The Balaban J connectivity index is 3.06. The van der Waals surface area contributed by atoms with Crippen LogP contribution in [0.2, 0.25) is 0 Å². The second kappa shape index (κ2) is 3.97. The van der Waals surface area contributed by atoms with Crippen LogP contribution in [0.25, 0.3) is 0 Å². The van der Waals surface area contributed by atoms with Gasteiger partial charge in [0.15, 0.2) is 0 Å². The summed E-state index contributed by atoms with van der Waals surface area (Å²) in [6, 6.07) is 0. The first-order valence-electron chi connectivity index (χ1n) is 3.61. The van der Waals surface area contributed by atoms with Gasteiger partial charge in [0.05, 0.1) is 6.61 Å². The van der Waals surface area contributed by atoms with Crippen molar-refractivity contribution in [2.24, 2.45) is 0 Å². The van der Waals surface area contributed by atoms with Crippen LogP contribution in [-0.2, 0) is 13.2 Å². The largest absolute Gasteiger partial charge is 0.392 e. The number of aliphatic hydroxyl groups is 2. The predicted octanol–water partition coefficient (Wildman–Crippen LogP) is -0.724. The Morgan fingerprint density at radius 2 is 2.31 bits per heavy atom. The molecular weight excluding hydrogens is 178 g/mol. The molecule has 7 heteroatoms. The van der Waals surface area contributed by atoms with Crippen LogP contribution in [0, 0.1) is 10.1 Å². The molecule has 0 bridgehead atoms. The summed E-state index contributed by atoms with van der Waals surface area (Å²) in [4.78, 5) is 13.4. The Morgan fingerprint density at radius 3 is 2.77 bits per heavy atom. The van der Waals surface area contributed by atoms with Crippen molar-refractivity contribution < 1.29 is 15.1 Å². The van der Waals surface area contributed by atoms with Gasteiger partial charge in [0, 0.05) is 0 Å². The van der Waals surface area contributed by atoms with Gasteiger partial charge in [-0.1, -0.05) is 0 Å². The molecule has 1 aromatic rings. The first-order valence-corrected chi connectivity index (χ1v) is 3.61. The highest BCUT2D eigenvalue weighted by molar-refractivity contribution is 5.18. The van der Waals surface area contributed by atoms with Crippen molar-refractivity contribution in [3.05, 3.63) is 22.1 Å². The van der Waals surface area contributed by atoms with E-state index in [1.807, 2.05) is 0 Å². The van der Waals surface area contributed by atoms with Crippen LogP contribution in [-0.4, -0.2) is 31.3 Å². The Morgan fingerprint density at radius 1 is 1.62 bits per heavy atom. The lowest BCUT2D eigenvalue weighted by atomic mass is 10.5. The fraction of sp³-hybridized carbons (Fsp3) is 0.500. The molecule has 1 heterocycles. The first-order chi connectivity index (χ1) is 6.20. The Labute approximate surface area is 73.4 Å². The maximum atomic E-state index is 10.4. The SMILES string of the molecule is O=[N+]([O-])c1cnc(CO)n1CCO. The number of hydrogen-bond acceptors (Lipinski definition) is 5. The van der Waals surface area contributed by atoms with Crippen LogP contribution < -0.4 is 0 Å². The first kappa shape index (κ1) is 9.62. The number of rotatable bonds is 4. The molecule has 0 amide bonds. The number of aromatic nitrogens is 2. The van der Waals surface area contributed by atoms with Crippen molar-refractivity contribution in [3.63, 3.8) is 0 Å². The van der Waals surface area contributed by atoms with Crippen LogP contribution in [0.5, 0.6) is 0 Å². The van der Waals surface area contributed by atoms with Gasteiger partial charge in [-0.15, -0.1) is 0 Å². The van der Waals surface area contributed by atoms with Crippen LogP contribution in [0.4, 0.5) is 5.82 Å². The minimum absolute atomic E-state index is 0.0617. The maximum absolute atomic E-state index is 10.4. The summed E-state index contributed by atoms with van der Waals surface area (Å²) in [6.45, 7) is -0.551. The molecule has 0 aliphatic rings. The summed E-state index contributed by atoms with van der Waals surface area (Å²) in [5, 5.41) is 27.8. The fourth-order valence-corrected chi connectivity index (χ4v) is 1.02. The minimum atomic E-state index is -0.609. The molecular formula is C6H9N3O4. The van der Waals surface area contributed by atoms with Gasteiger partial charge >= 0.3 is 5.82 Å². The highest BCUT2D eigenvalue weighted by atomic mass is 16.6. The summed E-state index contributed by atoms with van der Waals surface area (Å²) in [7, 11) is 0. The Bertz CT molecular complexity index is 309. The molecule has 0 radical (unpaired) electrons. The van der Waals surface area contributed by atoms with E-state index in [0.29, 0.717) is 0 Å². The summed E-state index contributed by atoms with van der Waals surface area (Å²) in [6.07, 6.45) is 1.06. The lowest BCUT2D eigenvalue weighted by molar-refractivity contribution is -0.392. The van der Waals surface area contributed by atoms with Gasteiger partial charge in [0.1, 0.15) is 19.3 Å². The van der Waals surface area contributed by atoms with Gasteiger partial charge in [-0.2, -0.15) is 0 Å². The number of imidazole rings is 1. The molecule has 0 spiro atoms. The molecule has 2 N–H and O–H groups in total. The van der Waals surface area contributed by atoms with E-state index in [4.69, 9.17) is 10.2 Å². The van der Waals surface area contributed by atoms with E-state index in [-0.39, 0.29) is 31.4 Å². The number of aliphatic hydroxyl groups excluding tert-OH is 2. The molecule has 0 atom stereocenters. The van der Waals surface area contributed by atoms with E-state index >= 15 is 0 Å². The zero-order valence-corrected chi connectivity index (χ0v) is 6.75. The van der Waals surface area contributed by atoms with Crippen molar-refractivity contribution >= 4 is 5.82 Å². The smallest absolute Gasteiger partial charge is 0.343 e. The quantitative estimate of drug-likeness (QED) is 0.478. The molecule has 0 aliphatic heterocycles. The molecule has 0 fully saturated rings. The van der Waals surface area contributed by atoms with Crippen LogP contribution in [0.15, 0.2) is 6.20 Å². The zero-order valence-electron chi connectivity index (χ0n) is 6.75. The van der Waals surface area contributed by atoms with Crippen molar-refractivity contribution in [1.29, 1.82) is 0 Å². The molecule has 13 heavy (non-hydrogen) atoms.